The monoisotopic (exact) mass is 247 g/mol. The van der Waals surface area contributed by atoms with Gasteiger partial charge in [-0.2, -0.15) is 0 Å². The molecule has 16 heavy (non-hydrogen) atoms. The van der Waals surface area contributed by atoms with Gasteiger partial charge in [0.25, 0.3) is 0 Å². The van der Waals surface area contributed by atoms with Crippen molar-refractivity contribution in [3.05, 3.63) is 22.8 Å². The van der Waals surface area contributed by atoms with Gasteiger partial charge >= 0.3 is 5.97 Å². The zero-order valence-electron chi connectivity index (χ0n) is 8.29. The van der Waals surface area contributed by atoms with E-state index < -0.39 is 18.2 Å². The standard InChI is InChI=1S/C9H10ClNO5/c1-16-8-5(10)2-4(3-11-8)6(12)7(13)9(14)15/h2-3,6-7,12-13H,1H3,(H,14,15). The Morgan fingerprint density at radius 1 is 1.56 bits per heavy atom. The van der Waals surface area contributed by atoms with E-state index in [1.165, 1.54) is 19.4 Å². The number of rotatable bonds is 4. The Morgan fingerprint density at radius 3 is 2.62 bits per heavy atom. The van der Waals surface area contributed by atoms with Crippen molar-refractivity contribution in [2.24, 2.45) is 0 Å². The molecule has 0 fully saturated rings. The summed E-state index contributed by atoms with van der Waals surface area (Å²) in [6.45, 7) is 0. The van der Waals surface area contributed by atoms with Crippen molar-refractivity contribution < 1.29 is 24.9 Å². The minimum Gasteiger partial charge on any atom is -0.480 e. The molecule has 88 valence electrons. The predicted octanol–water partition coefficient (Wildman–Crippen LogP) is 0.222. The molecule has 0 spiro atoms. The Morgan fingerprint density at radius 2 is 2.19 bits per heavy atom. The molecule has 0 radical (unpaired) electrons. The largest absolute Gasteiger partial charge is 0.480 e. The van der Waals surface area contributed by atoms with Crippen molar-refractivity contribution in [3.63, 3.8) is 0 Å². The lowest BCUT2D eigenvalue weighted by molar-refractivity contribution is -0.153. The number of aliphatic carboxylic acids is 1. The molecule has 3 N–H and O–H groups in total. The number of aromatic nitrogens is 1. The van der Waals surface area contributed by atoms with Gasteiger partial charge in [0.05, 0.1) is 7.11 Å². The molecule has 0 aliphatic heterocycles. The smallest absolute Gasteiger partial charge is 0.335 e. The summed E-state index contributed by atoms with van der Waals surface area (Å²) in [5, 5.41) is 27.2. The first-order valence-corrected chi connectivity index (χ1v) is 4.63. The Kier molecular flexibility index (Phi) is 4.05. The second-order valence-electron chi connectivity index (χ2n) is 2.99. The number of nitrogens with zero attached hydrogens (tertiary/aromatic N) is 1. The van der Waals surface area contributed by atoms with E-state index in [0.29, 0.717) is 0 Å². The first kappa shape index (κ1) is 12.7. The van der Waals surface area contributed by atoms with Crippen LogP contribution in [-0.2, 0) is 4.79 Å². The van der Waals surface area contributed by atoms with Crippen molar-refractivity contribution in [1.29, 1.82) is 0 Å². The highest BCUT2D eigenvalue weighted by Crippen LogP contribution is 2.26. The van der Waals surface area contributed by atoms with Gasteiger partial charge in [0, 0.05) is 11.8 Å². The topological polar surface area (TPSA) is 99.9 Å². The van der Waals surface area contributed by atoms with Crippen LogP contribution in [0.5, 0.6) is 5.88 Å². The zero-order chi connectivity index (χ0) is 12.3. The normalized spacial score (nSPS) is 14.2. The van der Waals surface area contributed by atoms with Gasteiger partial charge in [-0.1, -0.05) is 11.6 Å². The van der Waals surface area contributed by atoms with Gasteiger partial charge in [-0.3, -0.25) is 0 Å². The van der Waals surface area contributed by atoms with Crippen LogP contribution in [-0.4, -0.2) is 39.5 Å². The van der Waals surface area contributed by atoms with Crippen molar-refractivity contribution in [1.82, 2.24) is 4.98 Å². The van der Waals surface area contributed by atoms with Crippen LogP contribution in [0.1, 0.15) is 11.7 Å². The molecule has 0 saturated carbocycles. The van der Waals surface area contributed by atoms with Crippen LogP contribution in [0.4, 0.5) is 0 Å². The van der Waals surface area contributed by atoms with Crippen LogP contribution in [0.25, 0.3) is 0 Å². The lowest BCUT2D eigenvalue weighted by atomic mass is 10.1. The fourth-order valence-corrected chi connectivity index (χ4v) is 1.32. The maximum absolute atomic E-state index is 10.4. The van der Waals surface area contributed by atoms with E-state index in [-0.39, 0.29) is 16.5 Å². The lowest BCUT2D eigenvalue weighted by Crippen LogP contribution is -2.27. The summed E-state index contributed by atoms with van der Waals surface area (Å²) in [5.74, 6) is -1.37. The molecular formula is C9H10ClNO5. The summed E-state index contributed by atoms with van der Waals surface area (Å²) in [5.41, 5.74) is 0.0979. The molecule has 6 nitrogen and oxygen atoms in total. The summed E-state index contributed by atoms with van der Waals surface area (Å²) >= 11 is 5.73. The number of carboxylic acids is 1. The number of hydrogen-bond donors (Lipinski definition) is 3. The molecule has 2 unspecified atom stereocenters. The van der Waals surface area contributed by atoms with Crippen LogP contribution < -0.4 is 4.74 Å². The molecular weight excluding hydrogens is 238 g/mol. The number of carbonyl (C=O) groups is 1. The van der Waals surface area contributed by atoms with E-state index in [0.717, 1.165) is 0 Å². The van der Waals surface area contributed by atoms with Crippen LogP contribution in [0.15, 0.2) is 12.3 Å². The van der Waals surface area contributed by atoms with Gasteiger partial charge in [-0.25, -0.2) is 9.78 Å². The van der Waals surface area contributed by atoms with Crippen molar-refractivity contribution in [3.8, 4) is 5.88 Å². The molecule has 0 bridgehead atoms. The summed E-state index contributed by atoms with van der Waals surface area (Å²) in [6, 6.07) is 1.28. The third-order valence-corrected chi connectivity index (χ3v) is 2.19. The number of halogens is 1. The summed E-state index contributed by atoms with van der Waals surface area (Å²) in [4.78, 5) is 14.2. The zero-order valence-corrected chi connectivity index (χ0v) is 9.05. The Hall–Kier alpha value is -1.37. The average Bonchev–Trinajstić information content (AvgIpc) is 2.26. The third-order valence-electron chi connectivity index (χ3n) is 1.92. The molecule has 0 aliphatic rings. The third kappa shape index (κ3) is 2.60. The van der Waals surface area contributed by atoms with E-state index in [1.807, 2.05) is 0 Å². The molecule has 1 aromatic heterocycles. The summed E-state index contributed by atoms with van der Waals surface area (Å²) in [6.07, 6.45) is -2.33. The number of aliphatic hydroxyl groups excluding tert-OH is 2. The molecule has 1 heterocycles. The summed E-state index contributed by atoms with van der Waals surface area (Å²) in [7, 11) is 1.37. The van der Waals surface area contributed by atoms with E-state index in [4.69, 9.17) is 26.6 Å². The van der Waals surface area contributed by atoms with Gasteiger partial charge in [0.2, 0.25) is 5.88 Å². The van der Waals surface area contributed by atoms with Gasteiger partial charge in [-0.05, 0) is 6.07 Å². The molecule has 0 saturated heterocycles. The van der Waals surface area contributed by atoms with Gasteiger partial charge in [0.1, 0.15) is 11.1 Å². The number of aliphatic hydroxyl groups is 2. The highest BCUT2D eigenvalue weighted by atomic mass is 35.5. The SMILES string of the molecule is COc1ncc(C(O)C(O)C(=O)O)cc1Cl. The fraction of sp³-hybridized carbons (Fsp3) is 0.333. The first-order valence-electron chi connectivity index (χ1n) is 4.25. The van der Waals surface area contributed by atoms with E-state index in [1.54, 1.807) is 0 Å². The summed E-state index contributed by atoms with van der Waals surface area (Å²) < 4.78 is 4.78. The second kappa shape index (κ2) is 5.11. The van der Waals surface area contributed by atoms with Crippen molar-refractivity contribution in [2.45, 2.75) is 12.2 Å². The molecule has 0 amide bonds. The van der Waals surface area contributed by atoms with Gasteiger partial charge in [-0.15, -0.1) is 0 Å². The molecule has 1 aromatic rings. The van der Waals surface area contributed by atoms with Crippen molar-refractivity contribution in [2.75, 3.05) is 7.11 Å². The number of hydrogen-bond acceptors (Lipinski definition) is 5. The van der Waals surface area contributed by atoms with Crippen LogP contribution >= 0.6 is 11.6 Å². The van der Waals surface area contributed by atoms with E-state index >= 15 is 0 Å². The minimum atomic E-state index is -1.92. The quantitative estimate of drug-likeness (QED) is 0.704. The van der Waals surface area contributed by atoms with Crippen molar-refractivity contribution >= 4 is 17.6 Å². The van der Waals surface area contributed by atoms with E-state index in [9.17, 15) is 9.90 Å². The maximum atomic E-state index is 10.4. The van der Waals surface area contributed by atoms with Crippen LogP contribution in [0.2, 0.25) is 5.02 Å². The first-order chi connectivity index (χ1) is 7.47. The number of pyridine rings is 1. The average molecular weight is 248 g/mol. The molecule has 2 atom stereocenters. The highest BCUT2D eigenvalue weighted by Gasteiger charge is 2.26. The van der Waals surface area contributed by atoms with E-state index in [2.05, 4.69) is 4.98 Å². The van der Waals surface area contributed by atoms with Gasteiger partial charge in [0.15, 0.2) is 6.10 Å². The number of carboxylic acid groups (broad SMARTS) is 1. The molecule has 7 heteroatoms. The Balaban J connectivity index is 2.97. The van der Waals surface area contributed by atoms with Gasteiger partial charge < -0.3 is 20.1 Å². The molecule has 0 aliphatic carbocycles. The molecule has 0 aromatic carbocycles. The maximum Gasteiger partial charge on any atom is 0.335 e. The van der Waals surface area contributed by atoms with Crippen LogP contribution in [0.3, 0.4) is 0 Å². The van der Waals surface area contributed by atoms with Crippen LogP contribution in [0, 0.1) is 0 Å². The lowest BCUT2D eigenvalue weighted by Gasteiger charge is -2.14. The Labute approximate surface area is 96.1 Å². The number of ether oxygens (including phenoxy) is 1. The number of methoxy groups -OCH3 is 1. The molecule has 1 rings (SSSR count). The predicted molar refractivity (Wildman–Crippen MR) is 54.4 cm³/mol. The Bertz CT molecular complexity index is 397. The minimum absolute atomic E-state index is 0.0979. The highest BCUT2D eigenvalue weighted by molar-refractivity contribution is 6.31. The second-order valence-corrected chi connectivity index (χ2v) is 3.39. The fourth-order valence-electron chi connectivity index (χ4n) is 1.07.